The first-order valence-corrected chi connectivity index (χ1v) is 9.99. The first-order chi connectivity index (χ1) is 15.5. The van der Waals surface area contributed by atoms with Gasteiger partial charge < -0.3 is 24.5 Å². The smallest absolute Gasteiger partial charge is 0.291 e. The zero-order valence-corrected chi connectivity index (χ0v) is 18.0. The Hall–Kier alpha value is -3.97. The van der Waals surface area contributed by atoms with E-state index in [0.29, 0.717) is 44.4 Å². The van der Waals surface area contributed by atoms with Crippen molar-refractivity contribution in [1.82, 2.24) is 0 Å². The first-order valence-electron chi connectivity index (χ1n) is 9.61. The Morgan fingerprint density at radius 2 is 1.44 bits per heavy atom. The number of hydrogen-bond donors (Lipinski definition) is 2. The third-order valence-electron chi connectivity index (χ3n) is 4.76. The summed E-state index contributed by atoms with van der Waals surface area (Å²) in [5.41, 5.74) is 1.79. The van der Waals surface area contributed by atoms with Gasteiger partial charge in [0, 0.05) is 28.1 Å². The summed E-state index contributed by atoms with van der Waals surface area (Å²) in [6.07, 6.45) is 0. The van der Waals surface area contributed by atoms with Crippen LogP contribution in [0.4, 0.5) is 11.4 Å². The molecule has 2 amide bonds. The summed E-state index contributed by atoms with van der Waals surface area (Å²) in [5.74, 6) is 0.0237. The number of amides is 2. The predicted molar refractivity (Wildman–Crippen MR) is 123 cm³/mol. The Kier molecular flexibility index (Phi) is 6.00. The molecule has 1 aromatic heterocycles. The van der Waals surface area contributed by atoms with Crippen molar-refractivity contribution in [2.75, 3.05) is 24.9 Å². The molecule has 0 bridgehead atoms. The Bertz CT molecular complexity index is 1300. The van der Waals surface area contributed by atoms with E-state index in [1.807, 2.05) is 6.07 Å². The summed E-state index contributed by atoms with van der Waals surface area (Å²) in [6, 6.07) is 18.6. The summed E-state index contributed by atoms with van der Waals surface area (Å²) in [6.45, 7) is 0. The molecule has 0 saturated carbocycles. The number of carbonyl (C=O) groups is 2. The van der Waals surface area contributed by atoms with Crippen molar-refractivity contribution in [3.63, 3.8) is 0 Å². The molecule has 162 valence electrons. The third-order valence-corrected chi connectivity index (χ3v) is 4.99. The van der Waals surface area contributed by atoms with Gasteiger partial charge in [0.25, 0.3) is 11.8 Å². The summed E-state index contributed by atoms with van der Waals surface area (Å²) < 4.78 is 16.4. The van der Waals surface area contributed by atoms with Crippen molar-refractivity contribution in [2.24, 2.45) is 0 Å². The molecule has 8 heteroatoms. The van der Waals surface area contributed by atoms with Gasteiger partial charge in [0.1, 0.15) is 17.1 Å². The highest BCUT2D eigenvalue weighted by Gasteiger charge is 2.19. The molecular formula is C24H19ClN2O5. The van der Waals surface area contributed by atoms with Crippen LogP contribution in [0, 0.1) is 0 Å². The van der Waals surface area contributed by atoms with E-state index in [2.05, 4.69) is 10.6 Å². The van der Waals surface area contributed by atoms with Crippen LogP contribution in [0.1, 0.15) is 20.9 Å². The minimum atomic E-state index is -0.473. The number of fused-ring (bicyclic) bond motifs is 1. The maximum atomic E-state index is 12.8. The molecule has 0 aliphatic rings. The predicted octanol–water partition coefficient (Wildman–Crippen LogP) is 5.61. The van der Waals surface area contributed by atoms with E-state index in [1.54, 1.807) is 60.7 Å². The summed E-state index contributed by atoms with van der Waals surface area (Å²) in [4.78, 5) is 25.3. The molecule has 0 radical (unpaired) electrons. The Labute approximate surface area is 188 Å². The van der Waals surface area contributed by atoms with Gasteiger partial charge in [0.05, 0.1) is 25.6 Å². The van der Waals surface area contributed by atoms with Crippen molar-refractivity contribution in [3.05, 3.63) is 83.1 Å². The molecule has 0 saturated heterocycles. The molecule has 4 aromatic rings. The van der Waals surface area contributed by atoms with E-state index < -0.39 is 5.91 Å². The molecule has 2 N–H and O–H groups in total. The normalized spacial score (nSPS) is 10.6. The van der Waals surface area contributed by atoms with Gasteiger partial charge in [-0.2, -0.15) is 0 Å². The monoisotopic (exact) mass is 450 g/mol. The molecule has 0 fully saturated rings. The number of ether oxygens (including phenoxy) is 2. The summed E-state index contributed by atoms with van der Waals surface area (Å²) in [5, 5.41) is 6.82. The molecule has 0 atom stereocenters. The van der Waals surface area contributed by atoms with E-state index in [1.165, 1.54) is 14.2 Å². The number of furan rings is 1. The summed E-state index contributed by atoms with van der Waals surface area (Å²) >= 11 is 6.00. The fraction of sp³-hybridized carbons (Fsp3) is 0.0833. The highest BCUT2D eigenvalue weighted by atomic mass is 35.5. The lowest BCUT2D eigenvalue weighted by Crippen LogP contribution is -2.14. The standard InChI is InChI=1S/C24H19ClN2O5/c1-30-20-13-18(27-24(29)22-11-15-10-16(25)8-9-19(15)32-22)21(31-2)12-17(20)26-23(28)14-6-4-3-5-7-14/h3-13H,1-2H3,(H,26,28)(H,27,29). The second kappa shape index (κ2) is 9.03. The highest BCUT2D eigenvalue weighted by molar-refractivity contribution is 6.31. The maximum Gasteiger partial charge on any atom is 0.291 e. The lowest BCUT2D eigenvalue weighted by Gasteiger charge is -2.16. The van der Waals surface area contributed by atoms with Gasteiger partial charge in [0.2, 0.25) is 0 Å². The second-order valence-corrected chi connectivity index (χ2v) is 7.26. The van der Waals surface area contributed by atoms with Crippen LogP contribution < -0.4 is 20.1 Å². The fourth-order valence-corrected chi connectivity index (χ4v) is 3.37. The van der Waals surface area contributed by atoms with E-state index >= 15 is 0 Å². The van der Waals surface area contributed by atoms with E-state index in [0.717, 1.165) is 0 Å². The van der Waals surface area contributed by atoms with Crippen LogP contribution in [-0.4, -0.2) is 26.0 Å². The highest BCUT2D eigenvalue weighted by Crippen LogP contribution is 2.37. The third kappa shape index (κ3) is 4.38. The average Bonchev–Trinajstić information content (AvgIpc) is 3.23. The van der Waals surface area contributed by atoms with Gasteiger partial charge in [-0.25, -0.2) is 0 Å². The van der Waals surface area contributed by atoms with Crippen LogP contribution in [-0.2, 0) is 0 Å². The van der Waals surface area contributed by atoms with Crippen molar-refractivity contribution in [1.29, 1.82) is 0 Å². The molecule has 4 rings (SSSR count). The molecule has 0 spiro atoms. The quantitative estimate of drug-likeness (QED) is 0.398. The number of hydrogen-bond acceptors (Lipinski definition) is 5. The fourth-order valence-electron chi connectivity index (χ4n) is 3.19. The van der Waals surface area contributed by atoms with Gasteiger partial charge in [-0.3, -0.25) is 9.59 Å². The number of carbonyl (C=O) groups excluding carboxylic acids is 2. The number of halogens is 1. The van der Waals surface area contributed by atoms with Crippen LogP contribution in [0.3, 0.4) is 0 Å². The lowest BCUT2D eigenvalue weighted by molar-refractivity contribution is 0.0996. The van der Waals surface area contributed by atoms with Crippen molar-refractivity contribution >= 4 is 45.8 Å². The van der Waals surface area contributed by atoms with Crippen LogP contribution >= 0.6 is 11.6 Å². The minimum Gasteiger partial charge on any atom is -0.494 e. The van der Waals surface area contributed by atoms with Crippen LogP contribution in [0.5, 0.6) is 11.5 Å². The zero-order valence-electron chi connectivity index (χ0n) is 17.3. The molecule has 0 aliphatic carbocycles. The largest absolute Gasteiger partial charge is 0.494 e. The molecule has 0 aliphatic heterocycles. The number of rotatable bonds is 6. The molecule has 0 unspecified atom stereocenters. The molecular weight excluding hydrogens is 432 g/mol. The Balaban J connectivity index is 1.60. The molecule has 7 nitrogen and oxygen atoms in total. The number of nitrogens with one attached hydrogen (secondary N) is 2. The van der Waals surface area contributed by atoms with Crippen LogP contribution in [0.15, 0.2) is 71.1 Å². The van der Waals surface area contributed by atoms with Crippen molar-refractivity contribution < 1.29 is 23.5 Å². The molecule has 32 heavy (non-hydrogen) atoms. The van der Waals surface area contributed by atoms with Gasteiger partial charge in [-0.15, -0.1) is 0 Å². The van der Waals surface area contributed by atoms with E-state index in [4.69, 9.17) is 25.5 Å². The number of benzene rings is 3. The Morgan fingerprint density at radius 3 is 2.06 bits per heavy atom. The van der Waals surface area contributed by atoms with Crippen LogP contribution in [0.2, 0.25) is 5.02 Å². The van der Waals surface area contributed by atoms with Crippen molar-refractivity contribution in [3.8, 4) is 11.5 Å². The molecule has 1 heterocycles. The van der Waals surface area contributed by atoms with Crippen LogP contribution in [0.25, 0.3) is 11.0 Å². The first kappa shape index (κ1) is 21.3. The average molecular weight is 451 g/mol. The van der Waals surface area contributed by atoms with Gasteiger partial charge >= 0.3 is 0 Å². The second-order valence-electron chi connectivity index (χ2n) is 6.82. The lowest BCUT2D eigenvalue weighted by atomic mass is 10.2. The van der Waals surface area contributed by atoms with Crippen molar-refractivity contribution in [2.45, 2.75) is 0 Å². The van der Waals surface area contributed by atoms with Gasteiger partial charge in [0.15, 0.2) is 5.76 Å². The maximum absolute atomic E-state index is 12.8. The minimum absolute atomic E-state index is 0.116. The van der Waals surface area contributed by atoms with E-state index in [-0.39, 0.29) is 11.7 Å². The SMILES string of the molecule is COc1cc(NC(=O)c2cc3cc(Cl)ccc3o2)c(OC)cc1NC(=O)c1ccccc1. The van der Waals surface area contributed by atoms with Gasteiger partial charge in [-0.05, 0) is 36.4 Å². The van der Waals surface area contributed by atoms with E-state index in [9.17, 15) is 9.59 Å². The topological polar surface area (TPSA) is 89.8 Å². The number of anilines is 2. The molecule has 3 aromatic carbocycles. The summed E-state index contributed by atoms with van der Waals surface area (Å²) in [7, 11) is 2.93. The number of methoxy groups -OCH3 is 2. The zero-order chi connectivity index (χ0) is 22.7. The van der Waals surface area contributed by atoms with Gasteiger partial charge in [-0.1, -0.05) is 29.8 Å². The Morgan fingerprint density at radius 1 is 0.812 bits per heavy atom.